The van der Waals surface area contributed by atoms with Crippen LogP contribution in [0.3, 0.4) is 0 Å². The van der Waals surface area contributed by atoms with Gasteiger partial charge in [-0.1, -0.05) is 11.6 Å². The second-order valence-corrected chi connectivity index (χ2v) is 8.29. The second kappa shape index (κ2) is 5.88. The van der Waals surface area contributed by atoms with Crippen LogP contribution in [0, 0.1) is 0 Å². The number of alkyl halides is 2. The molecule has 0 spiro atoms. The Bertz CT molecular complexity index is 696. The zero-order chi connectivity index (χ0) is 17.6. The van der Waals surface area contributed by atoms with Crippen LogP contribution in [0.2, 0.25) is 5.02 Å². The van der Waals surface area contributed by atoms with E-state index in [4.69, 9.17) is 20.9 Å². The van der Waals surface area contributed by atoms with Crippen LogP contribution < -0.4 is 10.2 Å². The molecule has 0 unspecified atom stereocenters. The molecule has 10 heteroatoms. The molecule has 5 nitrogen and oxygen atoms in total. The second-order valence-electron chi connectivity index (χ2n) is 6.23. The molecule has 1 aromatic rings. The first-order valence-electron chi connectivity index (χ1n) is 6.80. The highest BCUT2D eigenvalue weighted by molar-refractivity contribution is 7.93. The Morgan fingerprint density at radius 2 is 1.70 bits per heavy atom. The predicted octanol–water partition coefficient (Wildman–Crippen LogP) is 2.60. The third-order valence-electron chi connectivity index (χ3n) is 4.00. The van der Waals surface area contributed by atoms with Crippen LogP contribution in [0.1, 0.15) is 27.7 Å². The summed E-state index contributed by atoms with van der Waals surface area (Å²) in [6.45, 7) is 7.41. The van der Waals surface area contributed by atoms with Crippen LogP contribution in [0.5, 0.6) is 0 Å². The van der Waals surface area contributed by atoms with Gasteiger partial charge >= 0.3 is 12.9 Å². The summed E-state index contributed by atoms with van der Waals surface area (Å²) in [4.78, 5) is 0. The highest BCUT2D eigenvalue weighted by atomic mass is 35.5. The van der Waals surface area contributed by atoms with Crippen LogP contribution in [0.25, 0.3) is 0 Å². The van der Waals surface area contributed by atoms with Gasteiger partial charge in [0.1, 0.15) is 0 Å². The molecule has 0 aromatic heterocycles. The fourth-order valence-corrected chi connectivity index (χ4v) is 2.72. The summed E-state index contributed by atoms with van der Waals surface area (Å²) in [5.74, 6) is -3.53. The molecule has 0 atom stereocenters. The molecule has 1 fully saturated rings. The van der Waals surface area contributed by atoms with Crippen molar-refractivity contribution in [3.8, 4) is 0 Å². The molecule has 0 saturated carbocycles. The van der Waals surface area contributed by atoms with Gasteiger partial charge in [0.2, 0.25) is 0 Å². The molecular weight excluding hydrogens is 350 g/mol. The van der Waals surface area contributed by atoms with Crippen molar-refractivity contribution in [1.82, 2.24) is 0 Å². The summed E-state index contributed by atoms with van der Waals surface area (Å²) in [5, 5.41) is 0.281. The Morgan fingerprint density at radius 1 is 1.17 bits per heavy atom. The molecule has 23 heavy (non-hydrogen) atoms. The Labute approximate surface area is 139 Å². The highest BCUT2D eigenvalue weighted by Crippen LogP contribution is 2.37. The van der Waals surface area contributed by atoms with Crippen molar-refractivity contribution in [3.05, 3.63) is 23.2 Å². The minimum absolute atomic E-state index is 0.0422. The first-order valence-corrected chi connectivity index (χ1v) is 8.73. The SMILES string of the molecule is CC1(C)OB(c2cc(NS(=O)(=O)C(F)F)ccc2Cl)OC1(C)C. The maximum atomic E-state index is 12.5. The van der Waals surface area contributed by atoms with Crippen molar-refractivity contribution in [2.24, 2.45) is 0 Å². The van der Waals surface area contributed by atoms with Gasteiger partial charge in [-0.05, 0) is 45.9 Å². The third kappa shape index (κ3) is 3.62. The van der Waals surface area contributed by atoms with Crippen molar-refractivity contribution >= 4 is 39.9 Å². The number of sulfonamides is 1. The van der Waals surface area contributed by atoms with Gasteiger partial charge in [-0.15, -0.1) is 0 Å². The summed E-state index contributed by atoms with van der Waals surface area (Å²) >= 11 is 6.11. The number of nitrogens with one attached hydrogen (secondary N) is 1. The van der Waals surface area contributed by atoms with E-state index in [0.717, 1.165) is 0 Å². The lowest BCUT2D eigenvalue weighted by molar-refractivity contribution is 0.00578. The third-order valence-corrected chi connectivity index (χ3v) is 5.33. The lowest BCUT2D eigenvalue weighted by Crippen LogP contribution is -2.41. The smallest absolute Gasteiger partial charge is 0.399 e. The summed E-state index contributed by atoms with van der Waals surface area (Å²) in [6.07, 6.45) is 0. The van der Waals surface area contributed by atoms with E-state index in [0.29, 0.717) is 5.46 Å². The Hall–Kier alpha value is -0.895. The molecule has 128 valence electrons. The van der Waals surface area contributed by atoms with Crippen LogP contribution >= 0.6 is 11.6 Å². The van der Waals surface area contributed by atoms with E-state index in [2.05, 4.69) is 0 Å². The molecule has 1 saturated heterocycles. The van der Waals surface area contributed by atoms with E-state index in [1.54, 1.807) is 4.72 Å². The number of halogens is 3. The maximum absolute atomic E-state index is 12.5. The van der Waals surface area contributed by atoms with Crippen molar-refractivity contribution in [2.75, 3.05) is 4.72 Å². The molecule has 0 bridgehead atoms. The van der Waals surface area contributed by atoms with E-state index in [-0.39, 0.29) is 10.7 Å². The number of rotatable bonds is 4. The zero-order valence-electron chi connectivity index (χ0n) is 13.1. The Kier molecular flexibility index (Phi) is 4.71. The Balaban J connectivity index is 2.33. The fraction of sp³-hybridized carbons (Fsp3) is 0.538. The average Bonchev–Trinajstić information content (AvgIpc) is 2.60. The first-order chi connectivity index (χ1) is 10.4. The molecular formula is C13H17BClF2NO4S. The van der Waals surface area contributed by atoms with Crippen molar-refractivity contribution in [2.45, 2.75) is 44.7 Å². The highest BCUT2D eigenvalue weighted by Gasteiger charge is 2.52. The van der Waals surface area contributed by atoms with Crippen molar-refractivity contribution < 1.29 is 26.5 Å². The van der Waals surface area contributed by atoms with E-state index < -0.39 is 34.1 Å². The number of anilines is 1. The summed E-state index contributed by atoms with van der Waals surface area (Å²) in [6, 6.07) is 4.01. The molecule has 0 radical (unpaired) electrons. The number of hydrogen-bond acceptors (Lipinski definition) is 4. The van der Waals surface area contributed by atoms with Crippen molar-refractivity contribution in [3.63, 3.8) is 0 Å². The monoisotopic (exact) mass is 367 g/mol. The van der Waals surface area contributed by atoms with Crippen molar-refractivity contribution in [1.29, 1.82) is 0 Å². The van der Waals surface area contributed by atoms with Gasteiger partial charge in [-0.3, -0.25) is 4.72 Å². The maximum Gasteiger partial charge on any atom is 0.496 e. The van der Waals surface area contributed by atoms with Gasteiger partial charge < -0.3 is 9.31 Å². The van der Waals surface area contributed by atoms with E-state index in [1.807, 2.05) is 27.7 Å². The Morgan fingerprint density at radius 3 is 2.17 bits per heavy atom. The van der Waals surface area contributed by atoms with Gasteiger partial charge in [-0.25, -0.2) is 8.42 Å². The van der Waals surface area contributed by atoms with Gasteiger partial charge in [0.25, 0.3) is 10.0 Å². The molecule has 2 rings (SSSR count). The zero-order valence-corrected chi connectivity index (χ0v) is 14.6. The van der Waals surface area contributed by atoms with Crippen LogP contribution in [0.15, 0.2) is 18.2 Å². The largest absolute Gasteiger partial charge is 0.496 e. The molecule has 1 aliphatic heterocycles. The summed E-state index contributed by atoms with van der Waals surface area (Å²) < 4.78 is 60.9. The minimum Gasteiger partial charge on any atom is -0.399 e. The molecule has 1 aromatic carbocycles. The van der Waals surface area contributed by atoms with Crippen LogP contribution in [0.4, 0.5) is 14.5 Å². The standard InChI is InChI=1S/C13H17BClF2NO4S/c1-12(2)13(3,4)22-14(21-12)9-7-8(5-6-10(9)15)18-23(19,20)11(16)17/h5-7,11,18H,1-4H3. The molecule has 1 aliphatic rings. The fourth-order valence-electron chi connectivity index (χ4n) is 1.97. The summed E-state index contributed by atoms with van der Waals surface area (Å²) in [7, 11) is -5.59. The van der Waals surface area contributed by atoms with Crippen LogP contribution in [-0.2, 0) is 19.3 Å². The average molecular weight is 368 g/mol. The van der Waals surface area contributed by atoms with E-state index in [1.165, 1.54) is 18.2 Å². The molecule has 0 aliphatic carbocycles. The normalized spacial score (nSPS) is 20.1. The number of benzene rings is 1. The lowest BCUT2D eigenvalue weighted by Gasteiger charge is -2.32. The van der Waals surface area contributed by atoms with E-state index >= 15 is 0 Å². The minimum atomic E-state index is -4.76. The van der Waals surface area contributed by atoms with Gasteiger partial charge in [0.15, 0.2) is 0 Å². The van der Waals surface area contributed by atoms with Gasteiger partial charge in [-0.2, -0.15) is 8.78 Å². The topological polar surface area (TPSA) is 64.6 Å². The van der Waals surface area contributed by atoms with E-state index in [9.17, 15) is 17.2 Å². The number of hydrogen-bond donors (Lipinski definition) is 1. The summed E-state index contributed by atoms with van der Waals surface area (Å²) in [5.41, 5.74) is -0.905. The first kappa shape index (κ1) is 18.4. The van der Waals surface area contributed by atoms with Gasteiger partial charge in [0.05, 0.1) is 11.2 Å². The van der Waals surface area contributed by atoms with Gasteiger partial charge in [0, 0.05) is 16.2 Å². The molecule has 1 N–H and O–H groups in total. The quantitative estimate of drug-likeness (QED) is 0.831. The molecule has 1 heterocycles. The lowest BCUT2D eigenvalue weighted by atomic mass is 9.79. The predicted molar refractivity (Wildman–Crippen MR) is 85.7 cm³/mol. The molecule has 0 amide bonds. The van der Waals surface area contributed by atoms with Crippen LogP contribution in [-0.4, -0.2) is 32.5 Å².